The predicted molar refractivity (Wildman–Crippen MR) is 95.5 cm³/mol. The SMILES string of the molecule is Cc1[nH]cnc1CSCCNc1nc(=O)c(Cc2ccsn2)n[nH]1. The van der Waals surface area contributed by atoms with Crippen LogP contribution in [0.3, 0.4) is 0 Å². The molecule has 3 rings (SSSR count). The maximum atomic E-state index is 12.0. The summed E-state index contributed by atoms with van der Waals surface area (Å²) in [4.78, 5) is 23.3. The van der Waals surface area contributed by atoms with Crippen LogP contribution in [0.25, 0.3) is 0 Å². The van der Waals surface area contributed by atoms with Gasteiger partial charge in [-0.15, -0.1) is 0 Å². The normalized spacial score (nSPS) is 10.9. The van der Waals surface area contributed by atoms with Crippen molar-refractivity contribution in [2.45, 2.75) is 19.1 Å². The topological polar surface area (TPSA) is 112 Å². The number of aromatic amines is 2. The lowest BCUT2D eigenvalue weighted by Gasteiger charge is -2.05. The second-order valence-electron chi connectivity index (χ2n) is 5.06. The number of rotatable bonds is 8. The molecule has 3 aromatic rings. The van der Waals surface area contributed by atoms with Crippen LogP contribution in [0.15, 0.2) is 22.6 Å². The van der Waals surface area contributed by atoms with Gasteiger partial charge in [0, 0.05) is 35.5 Å². The van der Waals surface area contributed by atoms with Crippen molar-refractivity contribution < 1.29 is 0 Å². The van der Waals surface area contributed by atoms with Crippen LogP contribution < -0.4 is 10.9 Å². The van der Waals surface area contributed by atoms with Crippen molar-refractivity contribution >= 4 is 29.2 Å². The molecule has 24 heavy (non-hydrogen) atoms. The molecule has 3 N–H and O–H groups in total. The Kier molecular flexibility index (Phi) is 5.59. The van der Waals surface area contributed by atoms with Crippen molar-refractivity contribution in [1.82, 2.24) is 29.5 Å². The summed E-state index contributed by atoms with van der Waals surface area (Å²) < 4.78 is 4.17. The van der Waals surface area contributed by atoms with Crippen molar-refractivity contribution in [2.24, 2.45) is 0 Å². The molecule has 3 heterocycles. The van der Waals surface area contributed by atoms with E-state index in [4.69, 9.17) is 0 Å². The number of hydrogen-bond donors (Lipinski definition) is 3. The Hall–Kier alpha value is -2.20. The molecule has 0 aliphatic carbocycles. The van der Waals surface area contributed by atoms with E-state index in [2.05, 4.69) is 34.8 Å². The average Bonchev–Trinajstić information content (AvgIpc) is 3.22. The number of imidazole rings is 1. The first-order valence-corrected chi connectivity index (χ1v) is 9.37. The standard InChI is InChI=1S/C14H17N7OS2/c1-9-12(17-8-16-9)7-23-5-3-15-14-18-13(22)11(19-20-14)6-10-2-4-24-21-10/h2,4,8H,3,5-7H2,1H3,(H,16,17)(H2,15,18,20,22). The zero-order chi connectivity index (χ0) is 16.8. The largest absolute Gasteiger partial charge is 0.354 e. The Morgan fingerprint density at radius 1 is 1.38 bits per heavy atom. The van der Waals surface area contributed by atoms with Gasteiger partial charge in [0.2, 0.25) is 5.95 Å². The van der Waals surface area contributed by atoms with E-state index in [1.807, 2.05) is 18.4 Å². The van der Waals surface area contributed by atoms with Crippen LogP contribution in [0.5, 0.6) is 0 Å². The minimum Gasteiger partial charge on any atom is -0.354 e. The molecule has 0 unspecified atom stereocenters. The van der Waals surface area contributed by atoms with Crippen molar-refractivity contribution in [3.8, 4) is 0 Å². The lowest BCUT2D eigenvalue weighted by molar-refractivity contribution is 0.858. The first-order valence-electron chi connectivity index (χ1n) is 7.37. The van der Waals surface area contributed by atoms with Crippen molar-refractivity contribution in [1.29, 1.82) is 0 Å². The quantitative estimate of drug-likeness (QED) is 0.521. The van der Waals surface area contributed by atoms with E-state index >= 15 is 0 Å². The predicted octanol–water partition coefficient (Wildman–Crippen LogP) is 1.59. The summed E-state index contributed by atoms with van der Waals surface area (Å²) in [7, 11) is 0. The molecule has 0 aliphatic heterocycles. The van der Waals surface area contributed by atoms with Gasteiger partial charge in [0.15, 0.2) is 0 Å². The number of thioether (sulfide) groups is 1. The molecule has 0 radical (unpaired) electrons. The Balaban J connectivity index is 1.45. The van der Waals surface area contributed by atoms with Gasteiger partial charge in [-0.3, -0.25) is 4.79 Å². The third-order valence-corrected chi connectivity index (χ3v) is 4.88. The van der Waals surface area contributed by atoms with Gasteiger partial charge in [-0.25, -0.2) is 10.1 Å². The first kappa shape index (κ1) is 16.7. The highest BCUT2D eigenvalue weighted by Crippen LogP contribution is 2.12. The summed E-state index contributed by atoms with van der Waals surface area (Å²) in [6, 6.07) is 1.87. The van der Waals surface area contributed by atoms with Crippen LogP contribution in [0, 0.1) is 6.92 Å². The molecule has 10 heteroatoms. The van der Waals surface area contributed by atoms with Gasteiger partial charge in [0.1, 0.15) is 5.69 Å². The smallest absolute Gasteiger partial charge is 0.296 e. The van der Waals surface area contributed by atoms with Gasteiger partial charge in [-0.05, 0) is 24.5 Å². The van der Waals surface area contributed by atoms with E-state index in [1.165, 1.54) is 11.5 Å². The second-order valence-corrected chi connectivity index (χ2v) is 6.83. The first-order chi connectivity index (χ1) is 11.7. The number of nitrogens with one attached hydrogen (secondary N) is 3. The van der Waals surface area contributed by atoms with Crippen LogP contribution in [0.2, 0.25) is 0 Å². The fourth-order valence-corrected chi connectivity index (χ4v) is 3.41. The molecule has 0 saturated heterocycles. The van der Waals surface area contributed by atoms with Crippen LogP contribution >= 0.6 is 23.3 Å². The molecule has 3 aromatic heterocycles. The maximum Gasteiger partial charge on any atom is 0.296 e. The fraction of sp³-hybridized carbons (Fsp3) is 0.357. The molecule has 0 spiro atoms. The summed E-state index contributed by atoms with van der Waals surface area (Å²) in [5, 5.41) is 11.8. The Morgan fingerprint density at radius 3 is 3.00 bits per heavy atom. The van der Waals surface area contributed by atoms with Crippen molar-refractivity contribution in [3.05, 3.63) is 50.9 Å². The zero-order valence-corrected chi connectivity index (χ0v) is 14.7. The van der Waals surface area contributed by atoms with Crippen LogP contribution in [0.1, 0.15) is 22.8 Å². The summed E-state index contributed by atoms with van der Waals surface area (Å²) in [6.45, 7) is 2.69. The highest BCUT2D eigenvalue weighted by molar-refractivity contribution is 7.98. The second kappa shape index (κ2) is 8.06. The Morgan fingerprint density at radius 2 is 2.29 bits per heavy atom. The van der Waals surface area contributed by atoms with E-state index in [1.54, 1.807) is 18.1 Å². The van der Waals surface area contributed by atoms with Crippen LogP contribution in [-0.4, -0.2) is 41.8 Å². The molecule has 126 valence electrons. The van der Waals surface area contributed by atoms with E-state index in [0.29, 0.717) is 24.6 Å². The Bertz CT molecular complexity index is 828. The van der Waals surface area contributed by atoms with E-state index in [0.717, 1.165) is 28.6 Å². The Labute approximate surface area is 146 Å². The lowest BCUT2D eigenvalue weighted by Crippen LogP contribution is -2.20. The number of H-pyrrole nitrogens is 2. The van der Waals surface area contributed by atoms with Crippen LogP contribution in [-0.2, 0) is 12.2 Å². The maximum absolute atomic E-state index is 12.0. The van der Waals surface area contributed by atoms with E-state index < -0.39 is 0 Å². The highest BCUT2D eigenvalue weighted by Gasteiger charge is 2.07. The third kappa shape index (κ3) is 4.42. The number of anilines is 1. The molecule has 0 amide bonds. The van der Waals surface area contributed by atoms with Gasteiger partial charge in [-0.2, -0.15) is 26.2 Å². The molecule has 8 nitrogen and oxygen atoms in total. The molecule has 0 atom stereocenters. The molecule has 0 bridgehead atoms. The lowest BCUT2D eigenvalue weighted by atomic mass is 10.2. The zero-order valence-electron chi connectivity index (χ0n) is 13.1. The van der Waals surface area contributed by atoms with E-state index in [9.17, 15) is 4.79 Å². The number of aryl methyl sites for hydroxylation is 1. The number of aromatic nitrogens is 6. The number of hydrogen-bond acceptors (Lipinski definition) is 8. The molecule has 0 fully saturated rings. The highest BCUT2D eigenvalue weighted by atomic mass is 32.2. The van der Waals surface area contributed by atoms with Gasteiger partial charge in [0.25, 0.3) is 5.56 Å². The van der Waals surface area contributed by atoms with Gasteiger partial charge < -0.3 is 10.3 Å². The number of nitrogens with zero attached hydrogens (tertiary/aromatic N) is 4. The summed E-state index contributed by atoms with van der Waals surface area (Å²) in [6.07, 6.45) is 2.10. The monoisotopic (exact) mass is 363 g/mol. The molecular formula is C14H17N7OS2. The minimum absolute atomic E-state index is 0.330. The summed E-state index contributed by atoms with van der Waals surface area (Å²) in [5.74, 6) is 2.11. The van der Waals surface area contributed by atoms with Crippen LogP contribution in [0.4, 0.5) is 5.95 Å². The molecule has 0 saturated carbocycles. The average molecular weight is 363 g/mol. The summed E-state index contributed by atoms with van der Waals surface area (Å²) >= 11 is 3.11. The van der Waals surface area contributed by atoms with Crippen molar-refractivity contribution in [3.63, 3.8) is 0 Å². The molecular weight excluding hydrogens is 346 g/mol. The van der Waals surface area contributed by atoms with Crippen molar-refractivity contribution in [2.75, 3.05) is 17.6 Å². The van der Waals surface area contributed by atoms with Gasteiger partial charge in [-0.1, -0.05) is 0 Å². The fourth-order valence-electron chi connectivity index (χ4n) is 2.00. The van der Waals surface area contributed by atoms with Gasteiger partial charge in [0.05, 0.1) is 17.7 Å². The molecule has 0 aliphatic rings. The molecule has 0 aromatic carbocycles. The third-order valence-electron chi connectivity index (χ3n) is 3.31. The van der Waals surface area contributed by atoms with Gasteiger partial charge >= 0.3 is 0 Å². The summed E-state index contributed by atoms with van der Waals surface area (Å²) in [5.41, 5.74) is 3.03. The minimum atomic E-state index is -0.330. The van der Waals surface area contributed by atoms with E-state index in [-0.39, 0.29) is 5.56 Å².